The number of hydrogen-bond donors (Lipinski definition) is 1. The standard InChI is InChI=1S/C14H15ClFNO2/c1-17-14(9-3-5-12(16)11(15)7-9)13-6-4-10(19-13)8-18-2/h3-7,14,17H,8H2,1-2H3. The van der Waals surface area contributed by atoms with Gasteiger partial charge < -0.3 is 14.5 Å². The van der Waals surface area contributed by atoms with E-state index in [2.05, 4.69) is 5.32 Å². The Labute approximate surface area is 116 Å². The van der Waals surface area contributed by atoms with Gasteiger partial charge in [-0.1, -0.05) is 17.7 Å². The number of benzene rings is 1. The van der Waals surface area contributed by atoms with Gasteiger partial charge in [0.05, 0.1) is 11.1 Å². The minimum atomic E-state index is -0.431. The molecule has 0 bridgehead atoms. The fourth-order valence-corrected chi connectivity index (χ4v) is 2.12. The highest BCUT2D eigenvalue weighted by molar-refractivity contribution is 6.30. The molecule has 3 nitrogen and oxygen atoms in total. The molecule has 0 radical (unpaired) electrons. The third-order valence-corrected chi connectivity index (χ3v) is 3.11. The second-order valence-corrected chi connectivity index (χ2v) is 4.54. The lowest BCUT2D eigenvalue weighted by molar-refractivity contribution is 0.162. The van der Waals surface area contributed by atoms with Crippen LogP contribution in [0.4, 0.5) is 4.39 Å². The molecule has 19 heavy (non-hydrogen) atoms. The van der Waals surface area contributed by atoms with Crippen LogP contribution in [-0.4, -0.2) is 14.2 Å². The summed E-state index contributed by atoms with van der Waals surface area (Å²) < 4.78 is 23.9. The molecule has 1 atom stereocenters. The Morgan fingerprint density at radius 1 is 1.37 bits per heavy atom. The fourth-order valence-electron chi connectivity index (χ4n) is 1.93. The number of rotatable bonds is 5. The van der Waals surface area contributed by atoms with Gasteiger partial charge in [0.25, 0.3) is 0 Å². The van der Waals surface area contributed by atoms with Crippen molar-refractivity contribution in [1.29, 1.82) is 0 Å². The van der Waals surface area contributed by atoms with Crippen molar-refractivity contribution in [1.82, 2.24) is 5.32 Å². The largest absolute Gasteiger partial charge is 0.462 e. The van der Waals surface area contributed by atoms with Crippen molar-refractivity contribution < 1.29 is 13.5 Å². The fraction of sp³-hybridized carbons (Fsp3) is 0.286. The van der Waals surface area contributed by atoms with Gasteiger partial charge in [0.15, 0.2) is 0 Å². The first-order valence-electron chi connectivity index (χ1n) is 5.85. The minimum Gasteiger partial charge on any atom is -0.462 e. The molecule has 1 N–H and O–H groups in total. The summed E-state index contributed by atoms with van der Waals surface area (Å²) in [6, 6.07) is 8.17. The van der Waals surface area contributed by atoms with Crippen molar-refractivity contribution in [3.05, 3.63) is 58.3 Å². The zero-order chi connectivity index (χ0) is 13.8. The smallest absolute Gasteiger partial charge is 0.141 e. The normalized spacial score (nSPS) is 12.6. The van der Waals surface area contributed by atoms with Gasteiger partial charge in [-0.2, -0.15) is 0 Å². The quantitative estimate of drug-likeness (QED) is 0.911. The minimum absolute atomic E-state index is 0.0985. The molecule has 2 rings (SSSR count). The van der Waals surface area contributed by atoms with Gasteiger partial charge in [0.1, 0.15) is 23.9 Å². The van der Waals surface area contributed by atoms with E-state index in [0.717, 1.165) is 17.1 Å². The molecule has 0 fully saturated rings. The van der Waals surface area contributed by atoms with Crippen LogP contribution in [0.2, 0.25) is 5.02 Å². The van der Waals surface area contributed by atoms with Crippen molar-refractivity contribution in [3.63, 3.8) is 0 Å². The first kappa shape index (κ1) is 14.1. The number of methoxy groups -OCH3 is 1. The maximum Gasteiger partial charge on any atom is 0.141 e. The molecule has 0 aliphatic heterocycles. The Morgan fingerprint density at radius 3 is 2.79 bits per heavy atom. The molecule has 1 aromatic carbocycles. The SMILES string of the molecule is CNC(c1ccc(F)c(Cl)c1)c1ccc(COC)o1. The maximum atomic E-state index is 13.2. The van der Waals surface area contributed by atoms with Crippen LogP contribution >= 0.6 is 11.6 Å². The number of ether oxygens (including phenoxy) is 1. The Kier molecular flexibility index (Phi) is 4.58. The lowest BCUT2D eigenvalue weighted by Crippen LogP contribution is -2.17. The molecule has 0 aliphatic rings. The van der Waals surface area contributed by atoms with E-state index in [-0.39, 0.29) is 11.1 Å². The van der Waals surface area contributed by atoms with Crippen molar-refractivity contribution >= 4 is 11.6 Å². The van der Waals surface area contributed by atoms with E-state index < -0.39 is 5.82 Å². The highest BCUT2D eigenvalue weighted by atomic mass is 35.5. The molecular weight excluding hydrogens is 269 g/mol. The molecule has 0 aliphatic carbocycles. The van der Waals surface area contributed by atoms with Crippen LogP contribution in [-0.2, 0) is 11.3 Å². The second-order valence-electron chi connectivity index (χ2n) is 4.13. The zero-order valence-electron chi connectivity index (χ0n) is 10.7. The summed E-state index contributed by atoms with van der Waals surface area (Å²) in [6.45, 7) is 0.417. The predicted octanol–water partition coefficient (Wildman–Crippen LogP) is 3.53. The van der Waals surface area contributed by atoms with Gasteiger partial charge in [-0.15, -0.1) is 0 Å². The van der Waals surface area contributed by atoms with Gasteiger partial charge in [-0.3, -0.25) is 0 Å². The van der Waals surface area contributed by atoms with E-state index in [0.29, 0.717) is 6.61 Å². The van der Waals surface area contributed by atoms with E-state index >= 15 is 0 Å². The molecule has 1 unspecified atom stereocenters. The molecular formula is C14H15ClFNO2. The highest BCUT2D eigenvalue weighted by Crippen LogP contribution is 2.27. The van der Waals surface area contributed by atoms with Crippen LogP contribution in [0.1, 0.15) is 23.1 Å². The van der Waals surface area contributed by atoms with Crippen LogP contribution in [0, 0.1) is 5.82 Å². The molecule has 2 aromatic rings. The molecule has 102 valence electrons. The van der Waals surface area contributed by atoms with Gasteiger partial charge >= 0.3 is 0 Å². The molecule has 1 aromatic heterocycles. The highest BCUT2D eigenvalue weighted by Gasteiger charge is 2.17. The van der Waals surface area contributed by atoms with Crippen molar-refractivity contribution in [2.24, 2.45) is 0 Å². The Bertz CT molecular complexity index is 556. The van der Waals surface area contributed by atoms with Crippen molar-refractivity contribution in [2.75, 3.05) is 14.2 Å². The molecule has 0 saturated heterocycles. The van der Waals surface area contributed by atoms with Gasteiger partial charge in [-0.25, -0.2) is 4.39 Å². The molecule has 0 saturated carbocycles. The third kappa shape index (κ3) is 3.15. The van der Waals surface area contributed by atoms with E-state index in [4.69, 9.17) is 20.8 Å². The Hall–Kier alpha value is -1.36. The number of furan rings is 1. The summed E-state index contributed by atoms with van der Waals surface area (Å²) in [5, 5.41) is 3.22. The van der Waals surface area contributed by atoms with Gasteiger partial charge in [-0.05, 0) is 36.9 Å². The monoisotopic (exact) mass is 283 g/mol. The lowest BCUT2D eigenvalue weighted by atomic mass is 10.0. The van der Waals surface area contributed by atoms with Gasteiger partial charge in [0, 0.05) is 7.11 Å². The maximum absolute atomic E-state index is 13.2. The summed E-state index contributed by atoms with van der Waals surface area (Å²) in [7, 11) is 3.41. The third-order valence-electron chi connectivity index (χ3n) is 2.82. The summed E-state index contributed by atoms with van der Waals surface area (Å²) in [4.78, 5) is 0. The first-order valence-corrected chi connectivity index (χ1v) is 6.23. The molecule has 5 heteroatoms. The van der Waals surface area contributed by atoms with Crippen LogP contribution < -0.4 is 5.32 Å². The van der Waals surface area contributed by atoms with Crippen LogP contribution in [0.5, 0.6) is 0 Å². The van der Waals surface area contributed by atoms with E-state index in [9.17, 15) is 4.39 Å². The summed E-state index contributed by atoms with van der Waals surface area (Å²) >= 11 is 5.80. The zero-order valence-corrected chi connectivity index (χ0v) is 11.5. The number of nitrogens with one attached hydrogen (secondary N) is 1. The Morgan fingerprint density at radius 2 is 2.16 bits per heavy atom. The van der Waals surface area contributed by atoms with Crippen LogP contribution in [0.25, 0.3) is 0 Å². The summed E-state index contributed by atoms with van der Waals surface area (Å²) in [6.07, 6.45) is 0. The first-order chi connectivity index (χ1) is 9.15. The lowest BCUT2D eigenvalue weighted by Gasteiger charge is -2.14. The van der Waals surface area contributed by atoms with Crippen molar-refractivity contribution in [3.8, 4) is 0 Å². The number of halogens is 2. The summed E-state index contributed by atoms with van der Waals surface area (Å²) in [5.41, 5.74) is 0.840. The molecule has 0 amide bonds. The molecule has 1 heterocycles. The predicted molar refractivity (Wildman–Crippen MR) is 71.7 cm³/mol. The topological polar surface area (TPSA) is 34.4 Å². The van der Waals surface area contributed by atoms with Crippen molar-refractivity contribution in [2.45, 2.75) is 12.6 Å². The second kappa shape index (κ2) is 6.19. The van der Waals surface area contributed by atoms with E-state index in [1.54, 1.807) is 26.3 Å². The van der Waals surface area contributed by atoms with Crippen LogP contribution in [0.15, 0.2) is 34.7 Å². The number of hydrogen-bond acceptors (Lipinski definition) is 3. The van der Waals surface area contributed by atoms with Crippen LogP contribution in [0.3, 0.4) is 0 Å². The average Bonchev–Trinajstić information content (AvgIpc) is 2.83. The Balaban J connectivity index is 2.29. The van der Waals surface area contributed by atoms with Gasteiger partial charge in [0.2, 0.25) is 0 Å². The van der Waals surface area contributed by atoms with E-state index in [1.807, 2.05) is 12.1 Å². The average molecular weight is 284 g/mol. The summed E-state index contributed by atoms with van der Waals surface area (Å²) in [5.74, 6) is 1.04. The molecule has 0 spiro atoms. The van der Waals surface area contributed by atoms with E-state index in [1.165, 1.54) is 6.07 Å².